The fourth-order valence-electron chi connectivity index (χ4n) is 3.31. The zero-order valence-electron chi connectivity index (χ0n) is 13.9. The number of nitrogens with one attached hydrogen (secondary N) is 3. The molecule has 2 heterocycles. The molecule has 126 valence electrons. The molecule has 2 rings (SSSR count). The largest absolute Gasteiger partial charge is 0.345 e. The Kier molecular flexibility index (Phi) is 4.96. The minimum atomic E-state index is -0.705. The van der Waals surface area contributed by atoms with Crippen LogP contribution in [0.1, 0.15) is 40.5 Å². The van der Waals surface area contributed by atoms with E-state index in [9.17, 15) is 9.59 Å². The van der Waals surface area contributed by atoms with Crippen LogP contribution < -0.4 is 16.0 Å². The second-order valence-corrected chi connectivity index (χ2v) is 7.68. The minimum Gasteiger partial charge on any atom is -0.345 e. The molecule has 3 N–H and O–H groups in total. The fraction of sp³-hybridized carbons (Fsp3) is 0.562. The summed E-state index contributed by atoms with van der Waals surface area (Å²) in [5.41, 5.74) is 0.229. The molecule has 1 saturated heterocycles. The van der Waals surface area contributed by atoms with Crippen molar-refractivity contribution in [2.24, 2.45) is 0 Å². The molecule has 1 aromatic rings. The molecular weight excluding hydrogens is 316 g/mol. The van der Waals surface area contributed by atoms with Crippen molar-refractivity contribution in [2.45, 2.75) is 57.7 Å². The van der Waals surface area contributed by atoms with E-state index in [0.717, 1.165) is 12.8 Å². The summed E-state index contributed by atoms with van der Waals surface area (Å²) < 4.78 is 0. The SMILES string of the molecule is CC1(C)CC(NC(=O)C(=O)Nc2ccc(Cl)nc2)CC(C)(C)N1. The third-order valence-electron chi connectivity index (χ3n) is 3.72. The number of aromatic nitrogens is 1. The van der Waals surface area contributed by atoms with Gasteiger partial charge in [0.05, 0.1) is 11.9 Å². The molecule has 0 bridgehead atoms. The van der Waals surface area contributed by atoms with Gasteiger partial charge in [-0.15, -0.1) is 0 Å². The van der Waals surface area contributed by atoms with E-state index in [-0.39, 0.29) is 17.1 Å². The fourth-order valence-corrected chi connectivity index (χ4v) is 3.42. The molecule has 2 amide bonds. The molecule has 0 aromatic carbocycles. The summed E-state index contributed by atoms with van der Waals surface area (Å²) in [5, 5.41) is 9.20. The van der Waals surface area contributed by atoms with Gasteiger partial charge in [0.25, 0.3) is 0 Å². The predicted molar refractivity (Wildman–Crippen MR) is 90.3 cm³/mol. The molecule has 1 fully saturated rings. The van der Waals surface area contributed by atoms with Crippen molar-refractivity contribution < 1.29 is 9.59 Å². The topological polar surface area (TPSA) is 83.1 Å². The highest BCUT2D eigenvalue weighted by Crippen LogP contribution is 2.28. The highest BCUT2D eigenvalue weighted by molar-refractivity contribution is 6.39. The van der Waals surface area contributed by atoms with Crippen LogP contribution in [0.2, 0.25) is 5.15 Å². The molecule has 1 aromatic heterocycles. The second-order valence-electron chi connectivity index (χ2n) is 7.30. The number of anilines is 1. The lowest BCUT2D eigenvalue weighted by atomic mass is 9.79. The van der Waals surface area contributed by atoms with Gasteiger partial charge < -0.3 is 16.0 Å². The van der Waals surface area contributed by atoms with Crippen molar-refractivity contribution in [1.29, 1.82) is 0 Å². The molecule has 0 atom stereocenters. The Bertz CT molecular complexity index is 583. The average molecular weight is 339 g/mol. The Hall–Kier alpha value is -1.66. The Morgan fingerprint density at radius 3 is 2.30 bits per heavy atom. The maximum atomic E-state index is 12.1. The number of carbonyl (C=O) groups is 2. The summed E-state index contributed by atoms with van der Waals surface area (Å²) in [6.07, 6.45) is 2.93. The molecule has 0 spiro atoms. The van der Waals surface area contributed by atoms with Crippen molar-refractivity contribution in [3.63, 3.8) is 0 Å². The summed E-state index contributed by atoms with van der Waals surface area (Å²) in [6, 6.07) is 3.09. The van der Waals surface area contributed by atoms with Crippen LogP contribution in [0.25, 0.3) is 0 Å². The standard InChI is InChI=1S/C16H23ClN4O2/c1-15(2)7-11(8-16(3,4)21-15)20-14(23)13(22)19-10-5-6-12(17)18-9-10/h5-6,9,11,21H,7-8H2,1-4H3,(H,19,22)(H,20,23). The Labute approximate surface area is 141 Å². The van der Waals surface area contributed by atoms with E-state index in [2.05, 4.69) is 48.6 Å². The van der Waals surface area contributed by atoms with E-state index < -0.39 is 11.8 Å². The van der Waals surface area contributed by atoms with Gasteiger partial charge in [0.2, 0.25) is 0 Å². The van der Waals surface area contributed by atoms with E-state index in [0.29, 0.717) is 10.8 Å². The van der Waals surface area contributed by atoms with Crippen LogP contribution in [-0.4, -0.2) is 33.9 Å². The van der Waals surface area contributed by atoms with Gasteiger partial charge in [-0.2, -0.15) is 0 Å². The van der Waals surface area contributed by atoms with Gasteiger partial charge in [0, 0.05) is 17.1 Å². The molecule has 0 aliphatic carbocycles. The highest BCUT2D eigenvalue weighted by atomic mass is 35.5. The van der Waals surface area contributed by atoms with E-state index >= 15 is 0 Å². The smallest absolute Gasteiger partial charge is 0.313 e. The number of carbonyl (C=O) groups excluding carboxylic acids is 2. The second kappa shape index (κ2) is 6.45. The lowest BCUT2D eigenvalue weighted by Gasteiger charge is -2.46. The third-order valence-corrected chi connectivity index (χ3v) is 3.94. The number of piperidine rings is 1. The van der Waals surface area contributed by atoms with Gasteiger partial charge in [0.15, 0.2) is 0 Å². The van der Waals surface area contributed by atoms with Crippen LogP contribution in [0.5, 0.6) is 0 Å². The first-order chi connectivity index (χ1) is 10.6. The number of amides is 2. The van der Waals surface area contributed by atoms with Gasteiger partial charge in [-0.25, -0.2) is 4.98 Å². The van der Waals surface area contributed by atoms with Crippen molar-refractivity contribution in [1.82, 2.24) is 15.6 Å². The minimum absolute atomic E-state index is 0.0529. The zero-order valence-corrected chi connectivity index (χ0v) is 14.6. The quantitative estimate of drug-likeness (QED) is 0.569. The van der Waals surface area contributed by atoms with Gasteiger partial charge in [-0.05, 0) is 52.7 Å². The Morgan fingerprint density at radius 1 is 1.17 bits per heavy atom. The first-order valence-electron chi connectivity index (χ1n) is 7.59. The Balaban J connectivity index is 1.95. The van der Waals surface area contributed by atoms with Crippen LogP contribution in [0.3, 0.4) is 0 Å². The van der Waals surface area contributed by atoms with Crippen molar-refractivity contribution in [3.8, 4) is 0 Å². The molecule has 0 unspecified atom stereocenters. The first-order valence-corrected chi connectivity index (χ1v) is 7.97. The molecule has 0 radical (unpaired) electrons. The normalized spacial score (nSPS) is 19.9. The maximum Gasteiger partial charge on any atom is 0.313 e. The van der Waals surface area contributed by atoms with E-state index in [1.165, 1.54) is 6.20 Å². The van der Waals surface area contributed by atoms with Gasteiger partial charge in [0.1, 0.15) is 5.15 Å². The monoisotopic (exact) mass is 338 g/mol. The third kappa shape index (κ3) is 5.18. The lowest BCUT2D eigenvalue weighted by molar-refractivity contribution is -0.137. The summed E-state index contributed by atoms with van der Waals surface area (Å²) in [7, 11) is 0. The molecule has 1 aliphatic heterocycles. The van der Waals surface area contributed by atoms with Crippen molar-refractivity contribution in [2.75, 3.05) is 5.32 Å². The molecule has 0 saturated carbocycles. The number of pyridine rings is 1. The zero-order chi connectivity index (χ0) is 17.3. The van der Waals surface area contributed by atoms with Gasteiger partial charge in [-0.1, -0.05) is 11.6 Å². The van der Waals surface area contributed by atoms with Crippen molar-refractivity contribution >= 4 is 29.1 Å². The van der Waals surface area contributed by atoms with E-state index in [1.54, 1.807) is 12.1 Å². The maximum absolute atomic E-state index is 12.1. The summed E-state index contributed by atoms with van der Waals surface area (Å²) >= 11 is 5.68. The number of rotatable bonds is 2. The molecule has 23 heavy (non-hydrogen) atoms. The van der Waals surface area contributed by atoms with Crippen LogP contribution in [0.4, 0.5) is 5.69 Å². The lowest BCUT2D eigenvalue weighted by Crippen LogP contribution is -2.62. The molecule has 6 nitrogen and oxygen atoms in total. The predicted octanol–water partition coefficient (Wildman–Crippen LogP) is 2.10. The first kappa shape index (κ1) is 17.7. The highest BCUT2D eigenvalue weighted by Gasteiger charge is 2.38. The van der Waals surface area contributed by atoms with Gasteiger partial charge in [-0.3, -0.25) is 9.59 Å². The number of halogens is 1. The molecule has 1 aliphatic rings. The average Bonchev–Trinajstić information content (AvgIpc) is 2.37. The number of nitrogens with zero attached hydrogens (tertiary/aromatic N) is 1. The summed E-state index contributed by atoms with van der Waals surface area (Å²) in [5.74, 6) is -1.35. The van der Waals surface area contributed by atoms with Crippen LogP contribution in [-0.2, 0) is 9.59 Å². The van der Waals surface area contributed by atoms with E-state index in [4.69, 9.17) is 11.6 Å². The molecular formula is C16H23ClN4O2. The Morgan fingerprint density at radius 2 is 1.78 bits per heavy atom. The van der Waals surface area contributed by atoms with Crippen LogP contribution in [0, 0.1) is 0 Å². The number of hydrogen-bond acceptors (Lipinski definition) is 4. The van der Waals surface area contributed by atoms with Crippen molar-refractivity contribution in [3.05, 3.63) is 23.5 Å². The van der Waals surface area contributed by atoms with Gasteiger partial charge >= 0.3 is 11.8 Å². The van der Waals surface area contributed by atoms with Crippen LogP contribution >= 0.6 is 11.6 Å². The number of hydrogen-bond donors (Lipinski definition) is 3. The molecule has 7 heteroatoms. The summed E-state index contributed by atoms with van der Waals surface area (Å²) in [4.78, 5) is 28.0. The summed E-state index contributed by atoms with van der Waals surface area (Å²) in [6.45, 7) is 8.36. The van der Waals surface area contributed by atoms with E-state index in [1.807, 2.05) is 0 Å². The van der Waals surface area contributed by atoms with Crippen LogP contribution in [0.15, 0.2) is 18.3 Å².